The summed E-state index contributed by atoms with van der Waals surface area (Å²) in [5.74, 6) is 0.137. The normalized spacial score (nSPS) is 14.6. The second-order valence-electron chi connectivity index (χ2n) is 7.27. The Hall–Kier alpha value is -3.20. The van der Waals surface area contributed by atoms with Crippen LogP contribution in [0.5, 0.6) is 5.75 Å². The summed E-state index contributed by atoms with van der Waals surface area (Å²) in [5.41, 5.74) is 1.89. The largest absolute Gasteiger partial charge is 0.488 e. The van der Waals surface area contributed by atoms with Gasteiger partial charge in [0.25, 0.3) is 5.91 Å². The van der Waals surface area contributed by atoms with Crippen molar-refractivity contribution in [3.05, 3.63) is 90.0 Å². The maximum Gasteiger partial charge on any atom is 0.259 e. The number of morpholine rings is 1. The molecule has 8 heteroatoms. The van der Waals surface area contributed by atoms with Gasteiger partial charge < -0.3 is 14.8 Å². The molecule has 1 saturated heterocycles. The van der Waals surface area contributed by atoms with Crippen molar-refractivity contribution in [2.45, 2.75) is 11.5 Å². The van der Waals surface area contributed by atoms with Crippen molar-refractivity contribution in [2.75, 3.05) is 31.6 Å². The molecule has 0 spiro atoms. The van der Waals surface area contributed by atoms with Gasteiger partial charge in [0.1, 0.15) is 12.4 Å². The van der Waals surface area contributed by atoms with E-state index in [1.54, 1.807) is 30.3 Å². The smallest absolute Gasteiger partial charge is 0.259 e. The van der Waals surface area contributed by atoms with E-state index in [0.29, 0.717) is 49.9 Å². The molecule has 1 aliphatic rings. The lowest BCUT2D eigenvalue weighted by Crippen LogP contribution is -2.40. The van der Waals surface area contributed by atoms with E-state index in [4.69, 9.17) is 9.47 Å². The number of rotatable bonds is 7. The minimum atomic E-state index is -3.58. The second kappa shape index (κ2) is 9.95. The van der Waals surface area contributed by atoms with Gasteiger partial charge in [0.2, 0.25) is 10.0 Å². The first-order chi connectivity index (χ1) is 15.5. The summed E-state index contributed by atoms with van der Waals surface area (Å²) in [6.45, 7) is 1.79. The number of nitrogens with one attached hydrogen (secondary N) is 1. The zero-order valence-corrected chi connectivity index (χ0v) is 18.3. The van der Waals surface area contributed by atoms with Gasteiger partial charge in [-0.3, -0.25) is 4.79 Å². The molecule has 3 aromatic carbocycles. The van der Waals surface area contributed by atoms with Crippen LogP contribution in [-0.2, 0) is 21.4 Å². The van der Waals surface area contributed by atoms with Crippen molar-refractivity contribution < 1.29 is 22.7 Å². The molecule has 0 atom stereocenters. The lowest BCUT2D eigenvalue weighted by Gasteiger charge is -2.26. The average molecular weight is 453 g/mol. The maximum atomic E-state index is 12.8. The highest BCUT2D eigenvalue weighted by molar-refractivity contribution is 7.89. The van der Waals surface area contributed by atoms with Crippen LogP contribution in [0.1, 0.15) is 15.9 Å². The lowest BCUT2D eigenvalue weighted by atomic mass is 10.1. The monoisotopic (exact) mass is 452 g/mol. The van der Waals surface area contributed by atoms with E-state index in [-0.39, 0.29) is 10.8 Å². The molecule has 0 saturated carbocycles. The quantitative estimate of drug-likeness (QED) is 0.593. The topological polar surface area (TPSA) is 84.9 Å². The third kappa shape index (κ3) is 5.16. The Morgan fingerprint density at radius 1 is 0.906 bits per heavy atom. The van der Waals surface area contributed by atoms with Crippen LogP contribution in [0.4, 0.5) is 5.69 Å². The third-order valence-corrected chi connectivity index (χ3v) is 7.00. The van der Waals surface area contributed by atoms with Gasteiger partial charge in [0.05, 0.1) is 23.7 Å². The number of sulfonamides is 1. The Balaban J connectivity index is 1.44. The first-order valence-corrected chi connectivity index (χ1v) is 11.7. The highest BCUT2D eigenvalue weighted by Gasteiger charge is 2.26. The van der Waals surface area contributed by atoms with Crippen LogP contribution in [0.25, 0.3) is 0 Å². The number of hydrogen-bond acceptors (Lipinski definition) is 5. The van der Waals surface area contributed by atoms with E-state index in [2.05, 4.69) is 5.32 Å². The van der Waals surface area contributed by atoms with Crippen LogP contribution < -0.4 is 10.1 Å². The summed E-state index contributed by atoms with van der Waals surface area (Å²) in [6.07, 6.45) is 0. The van der Waals surface area contributed by atoms with Gasteiger partial charge in [0, 0.05) is 18.8 Å². The number of anilines is 1. The molecule has 1 aliphatic heterocycles. The molecule has 0 aromatic heterocycles. The number of amides is 1. The molecule has 3 aromatic rings. The molecule has 7 nitrogen and oxygen atoms in total. The fraction of sp³-hybridized carbons (Fsp3) is 0.208. The average Bonchev–Trinajstić information content (AvgIpc) is 2.84. The Morgan fingerprint density at radius 3 is 2.28 bits per heavy atom. The summed E-state index contributed by atoms with van der Waals surface area (Å²) in [5, 5.41) is 2.81. The predicted octanol–water partition coefficient (Wildman–Crippen LogP) is 3.54. The lowest BCUT2D eigenvalue weighted by molar-refractivity contribution is 0.0730. The van der Waals surface area contributed by atoms with E-state index in [1.807, 2.05) is 36.4 Å². The van der Waals surface area contributed by atoms with E-state index >= 15 is 0 Å². The Labute approximate surface area is 187 Å². The molecule has 0 radical (unpaired) electrons. The highest BCUT2D eigenvalue weighted by Crippen LogP contribution is 2.23. The second-order valence-corrected chi connectivity index (χ2v) is 9.20. The first kappa shape index (κ1) is 22.0. The molecule has 1 N–H and O–H groups in total. The minimum Gasteiger partial charge on any atom is -0.488 e. The van der Waals surface area contributed by atoms with Crippen molar-refractivity contribution >= 4 is 21.6 Å². The van der Waals surface area contributed by atoms with Crippen LogP contribution >= 0.6 is 0 Å². The summed E-state index contributed by atoms with van der Waals surface area (Å²) in [6, 6.07) is 22.9. The molecule has 0 aliphatic carbocycles. The molecular weight excluding hydrogens is 428 g/mol. The van der Waals surface area contributed by atoms with Gasteiger partial charge >= 0.3 is 0 Å². The SMILES string of the molecule is O=C(Nc1ccc(S(=O)(=O)N2CCOCC2)cc1)c1ccccc1OCc1ccccc1. The van der Waals surface area contributed by atoms with E-state index < -0.39 is 10.0 Å². The Morgan fingerprint density at radius 2 is 1.56 bits per heavy atom. The Bertz CT molecular complexity index is 1160. The minimum absolute atomic E-state index is 0.184. The number of carbonyl (C=O) groups excluding carboxylic acids is 1. The molecule has 0 bridgehead atoms. The van der Waals surface area contributed by atoms with Crippen LogP contribution in [0.15, 0.2) is 83.8 Å². The standard InChI is InChI=1S/C24H24N2O5S/c27-24(22-8-4-5-9-23(22)31-18-19-6-2-1-3-7-19)25-20-10-12-21(13-11-20)32(28,29)26-14-16-30-17-15-26/h1-13H,14-18H2,(H,25,27). The van der Waals surface area contributed by atoms with Crippen LogP contribution in [-0.4, -0.2) is 44.9 Å². The zero-order chi connectivity index (χ0) is 22.4. The van der Waals surface area contributed by atoms with Gasteiger partial charge in [-0.25, -0.2) is 8.42 Å². The molecule has 1 fully saturated rings. The van der Waals surface area contributed by atoms with Crippen molar-refractivity contribution in [3.63, 3.8) is 0 Å². The fourth-order valence-corrected chi connectivity index (χ4v) is 4.77. The molecule has 166 valence electrons. The number of ether oxygens (including phenoxy) is 2. The number of carbonyl (C=O) groups is 1. The summed E-state index contributed by atoms with van der Waals surface area (Å²) < 4.78 is 38.0. The van der Waals surface area contributed by atoms with Crippen molar-refractivity contribution in [1.29, 1.82) is 0 Å². The van der Waals surface area contributed by atoms with E-state index in [0.717, 1.165) is 5.56 Å². The van der Waals surface area contributed by atoms with Gasteiger partial charge in [-0.2, -0.15) is 4.31 Å². The van der Waals surface area contributed by atoms with Gasteiger partial charge in [0.15, 0.2) is 0 Å². The van der Waals surface area contributed by atoms with Crippen LogP contribution in [0.3, 0.4) is 0 Å². The summed E-state index contributed by atoms with van der Waals surface area (Å²) in [7, 11) is -3.58. The van der Waals surface area contributed by atoms with Crippen LogP contribution in [0.2, 0.25) is 0 Å². The van der Waals surface area contributed by atoms with Gasteiger partial charge in [-0.15, -0.1) is 0 Å². The first-order valence-electron chi connectivity index (χ1n) is 10.3. The Kier molecular flexibility index (Phi) is 6.84. The number of nitrogens with zero attached hydrogens (tertiary/aromatic N) is 1. The number of para-hydroxylation sites is 1. The molecule has 32 heavy (non-hydrogen) atoms. The van der Waals surface area contributed by atoms with Crippen LogP contribution in [0, 0.1) is 0 Å². The molecule has 1 amide bonds. The molecule has 1 heterocycles. The zero-order valence-electron chi connectivity index (χ0n) is 17.4. The van der Waals surface area contributed by atoms with Gasteiger partial charge in [-0.1, -0.05) is 42.5 Å². The van der Waals surface area contributed by atoms with E-state index in [9.17, 15) is 13.2 Å². The fourth-order valence-electron chi connectivity index (χ4n) is 3.36. The highest BCUT2D eigenvalue weighted by atomic mass is 32.2. The summed E-state index contributed by atoms with van der Waals surface area (Å²) >= 11 is 0. The predicted molar refractivity (Wildman–Crippen MR) is 121 cm³/mol. The summed E-state index contributed by atoms with van der Waals surface area (Å²) in [4.78, 5) is 13.0. The molecular formula is C24H24N2O5S. The molecule has 0 unspecified atom stereocenters. The van der Waals surface area contributed by atoms with Crippen molar-refractivity contribution in [2.24, 2.45) is 0 Å². The van der Waals surface area contributed by atoms with Crippen molar-refractivity contribution in [1.82, 2.24) is 4.31 Å². The third-order valence-electron chi connectivity index (χ3n) is 5.09. The molecule has 4 rings (SSSR count). The van der Waals surface area contributed by atoms with E-state index in [1.165, 1.54) is 16.4 Å². The van der Waals surface area contributed by atoms with Crippen molar-refractivity contribution in [3.8, 4) is 5.75 Å². The maximum absolute atomic E-state index is 12.8. The number of hydrogen-bond donors (Lipinski definition) is 1. The van der Waals surface area contributed by atoms with Gasteiger partial charge in [-0.05, 0) is 42.0 Å². The number of benzene rings is 3.